The number of hydrogen-bond donors (Lipinski definition) is 1. The van der Waals surface area contributed by atoms with Gasteiger partial charge in [0.1, 0.15) is 0 Å². The van der Waals surface area contributed by atoms with Crippen LogP contribution in [0, 0.1) is 23.7 Å². The Balaban J connectivity index is 2.50. The minimum atomic E-state index is -2.75. The van der Waals surface area contributed by atoms with Crippen molar-refractivity contribution < 1.29 is 8.42 Å². The average Bonchev–Trinajstić information content (AvgIpc) is 2.56. The van der Waals surface area contributed by atoms with Gasteiger partial charge in [-0.3, -0.25) is 0 Å². The van der Waals surface area contributed by atoms with E-state index in [2.05, 4.69) is 33.0 Å². The summed E-state index contributed by atoms with van der Waals surface area (Å²) in [5, 5.41) is 3.50. The van der Waals surface area contributed by atoms with Gasteiger partial charge in [-0.25, -0.2) is 8.42 Å². The van der Waals surface area contributed by atoms with Crippen molar-refractivity contribution in [1.82, 2.24) is 5.32 Å². The third-order valence-electron chi connectivity index (χ3n) is 3.67. The maximum absolute atomic E-state index is 11.6. The molecule has 1 N–H and O–H groups in total. The van der Waals surface area contributed by atoms with Gasteiger partial charge in [0.2, 0.25) is 0 Å². The molecule has 0 saturated carbocycles. The van der Waals surface area contributed by atoms with Crippen molar-refractivity contribution in [2.24, 2.45) is 23.7 Å². The standard InChI is InChI=1S/C14H29NO2S/c1-11(2)7-14(9-15-8-12(3)4)13-5-6-18(16,17)10-13/h11-15H,5-10H2,1-4H3. The quantitative estimate of drug-likeness (QED) is 0.775. The summed E-state index contributed by atoms with van der Waals surface area (Å²) >= 11 is 0. The van der Waals surface area contributed by atoms with Crippen molar-refractivity contribution in [3.63, 3.8) is 0 Å². The van der Waals surface area contributed by atoms with Gasteiger partial charge in [-0.05, 0) is 49.6 Å². The van der Waals surface area contributed by atoms with Crippen LogP contribution in [0.5, 0.6) is 0 Å². The lowest BCUT2D eigenvalue weighted by molar-refractivity contribution is 0.288. The fraction of sp³-hybridized carbons (Fsp3) is 1.00. The molecule has 0 aliphatic carbocycles. The highest BCUT2D eigenvalue weighted by molar-refractivity contribution is 7.91. The van der Waals surface area contributed by atoms with Crippen LogP contribution in [0.15, 0.2) is 0 Å². The van der Waals surface area contributed by atoms with Crippen LogP contribution < -0.4 is 5.32 Å². The molecule has 0 bridgehead atoms. The Morgan fingerprint density at radius 3 is 2.22 bits per heavy atom. The summed E-state index contributed by atoms with van der Waals surface area (Å²) in [7, 11) is -2.75. The molecule has 1 fully saturated rings. The fourth-order valence-corrected chi connectivity index (χ4v) is 4.72. The van der Waals surface area contributed by atoms with Gasteiger partial charge in [-0.1, -0.05) is 27.7 Å². The summed E-state index contributed by atoms with van der Waals surface area (Å²) in [6.45, 7) is 10.8. The van der Waals surface area contributed by atoms with Crippen LogP contribution in [0.1, 0.15) is 40.5 Å². The highest BCUT2D eigenvalue weighted by Crippen LogP contribution is 2.29. The van der Waals surface area contributed by atoms with E-state index in [0.29, 0.717) is 35.2 Å². The molecule has 1 aliphatic heterocycles. The zero-order valence-corrected chi connectivity index (χ0v) is 13.1. The Morgan fingerprint density at radius 2 is 1.78 bits per heavy atom. The molecule has 18 heavy (non-hydrogen) atoms. The Hall–Kier alpha value is -0.0900. The van der Waals surface area contributed by atoms with Crippen molar-refractivity contribution in [2.45, 2.75) is 40.5 Å². The maximum Gasteiger partial charge on any atom is 0.150 e. The van der Waals surface area contributed by atoms with Gasteiger partial charge >= 0.3 is 0 Å². The van der Waals surface area contributed by atoms with Crippen LogP contribution >= 0.6 is 0 Å². The zero-order chi connectivity index (χ0) is 13.8. The molecular formula is C14H29NO2S. The first kappa shape index (κ1) is 16.0. The molecule has 0 amide bonds. The maximum atomic E-state index is 11.6. The predicted molar refractivity (Wildman–Crippen MR) is 77.4 cm³/mol. The Bertz CT molecular complexity index is 336. The smallest absolute Gasteiger partial charge is 0.150 e. The molecule has 108 valence electrons. The molecule has 0 aromatic heterocycles. The number of rotatable bonds is 7. The molecule has 0 spiro atoms. The first-order valence-electron chi connectivity index (χ1n) is 7.21. The number of hydrogen-bond acceptors (Lipinski definition) is 3. The van der Waals surface area contributed by atoms with E-state index in [4.69, 9.17) is 0 Å². The molecular weight excluding hydrogens is 246 g/mol. The highest BCUT2D eigenvalue weighted by Gasteiger charge is 2.33. The largest absolute Gasteiger partial charge is 0.316 e. The van der Waals surface area contributed by atoms with E-state index in [9.17, 15) is 8.42 Å². The lowest BCUT2D eigenvalue weighted by Gasteiger charge is -2.25. The van der Waals surface area contributed by atoms with Crippen LogP contribution in [0.25, 0.3) is 0 Å². The molecule has 0 aromatic carbocycles. The second kappa shape index (κ2) is 6.90. The number of nitrogens with one attached hydrogen (secondary N) is 1. The molecule has 2 unspecified atom stereocenters. The Labute approximate surface area is 113 Å². The third-order valence-corrected chi connectivity index (χ3v) is 5.46. The molecule has 2 atom stereocenters. The lowest BCUT2D eigenvalue weighted by atomic mass is 9.85. The van der Waals surface area contributed by atoms with Crippen LogP contribution in [-0.4, -0.2) is 33.0 Å². The highest BCUT2D eigenvalue weighted by atomic mass is 32.2. The van der Waals surface area contributed by atoms with Crippen molar-refractivity contribution in [3.05, 3.63) is 0 Å². The van der Waals surface area contributed by atoms with E-state index in [1.54, 1.807) is 0 Å². The second-order valence-electron chi connectivity index (χ2n) is 6.60. The summed E-state index contributed by atoms with van der Waals surface area (Å²) in [5.41, 5.74) is 0. The van der Waals surface area contributed by atoms with E-state index in [1.807, 2.05) is 0 Å². The van der Waals surface area contributed by atoms with Gasteiger partial charge < -0.3 is 5.32 Å². The monoisotopic (exact) mass is 275 g/mol. The molecule has 4 heteroatoms. The fourth-order valence-electron chi connectivity index (χ4n) is 2.80. The van der Waals surface area contributed by atoms with E-state index in [-0.39, 0.29) is 0 Å². The van der Waals surface area contributed by atoms with Crippen LogP contribution in [-0.2, 0) is 9.84 Å². The van der Waals surface area contributed by atoms with Gasteiger partial charge in [0, 0.05) is 0 Å². The summed E-state index contributed by atoms with van der Waals surface area (Å²) in [4.78, 5) is 0. The molecule has 1 saturated heterocycles. The van der Waals surface area contributed by atoms with E-state index >= 15 is 0 Å². The minimum Gasteiger partial charge on any atom is -0.316 e. The first-order chi connectivity index (χ1) is 8.30. The summed E-state index contributed by atoms with van der Waals surface area (Å²) in [6.07, 6.45) is 1.99. The second-order valence-corrected chi connectivity index (χ2v) is 8.83. The number of sulfone groups is 1. The van der Waals surface area contributed by atoms with Gasteiger partial charge in [0.15, 0.2) is 9.84 Å². The zero-order valence-electron chi connectivity index (χ0n) is 12.3. The molecule has 3 nitrogen and oxygen atoms in total. The van der Waals surface area contributed by atoms with Crippen molar-refractivity contribution in [3.8, 4) is 0 Å². The van der Waals surface area contributed by atoms with Gasteiger partial charge in [0.25, 0.3) is 0 Å². The van der Waals surface area contributed by atoms with Gasteiger partial charge in [0.05, 0.1) is 11.5 Å². The van der Waals surface area contributed by atoms with Gasteiger partial charge in [-0.15, -0.1) is 0 Å². The molecule has 1 heterocycles. The normalized spacial score (nSPS) is 24.9. The molecule has 0 radical (unpaired) electrons. The van der Waals surface area contributed by atoms with Crippen LogP contribution in [0.2, 0.25) is 0 Å². The minimum absolute atomic E-state index is 0.372. The SMILES string of the molecule is CC(C)CNCC(CC(C)C)C1CCS(=O)(=O)C1. The molecule has 0 aromatic rings. The summed E-state index contributed by atoms with van der Waals surface area (Å²) < 4.78 is 23.2. The Morgan fingerprint density at radius 1 is 1.11 bits per heavy atom. The third kappa shape index (κ3) is 5.70. The first-order valence-corrected chi connectivity index (χ1v) is 9.03. The van der Waals surface area contributed by atoms with Crippen molar-refractivity contribution in [2.75, 3.05) is 24.6 Å². The van der Waals surface area contributed by atoms with Crippen LogP contribution in [0.3, 0.4) is 0 Å². The summed E-state index contributed by atoms with van der Waals surface area (Å²) in [6, 6.07) is 0. The summed E-state index contributed by atoms with van der Waals surface area (Å²) in [5.74, 6) is 2.98. The predicted octanol–water partition coefficient (Wildman–Crippen LogP) is 2.33. The van der Waals surface area contributed by atoms with E-state index < -0.39 is 9.84 Å². The van der Waals surface area contributed by atoms with Gasteiger partial charge in [-0.2, -0.15) is 0 Å². The van der Waals surface area contributed by atoms with Crippen molar-refractivity contribution in [1.29, 1.82) is 0 Å². The molecule has 1 aliphatic rings. The van der Waals surface area contributed by atoms with Crippen molar-refractivity contribution >= 4 is 9.84 Å². The van der Waals surface area contributed by atoms with Crippen LogP contribution in [0.4, 0.5) is 0 Å². The molecule has 1 rings (SSSR count). The Kier molecular flexibility index (Phi) is 6.12. The lowest BCUT2D eigenvalue weighted by Crippen LogP contribution is -2.32. The average molecular weight is 275 g/mol. The van der Waals surface area contributed by atoms with E-state index in [1.165, 1.54) is 0 Å². The topological polar surface area (TPSA) is 46.2 Å². The van der Waals surface area contributed by atoms with E-state index in [0.717, 1.165) is 25.9 Å².